The Hall–Kier alpha value is -2.30. The Morgan fingerprint density at radius 2 is 1.85 bits per heavy atom. The van der Waals surface area contributed by atoms with Crippen LogP contribution in [0.25, 0.3) is 10.9 Å². The van der Waals surface area contributed by atoms with Gasteiger partial charge in [-0.1, -0.05) is 41.4 Å². The molecule has 0 spiro atoms. The summed E-state index contributed by atoms with van der Waals surface area (Å²) in [5.41, 5.74) is 2.51. The zero-order valence-corrected chi connectivity index (χ0v) is 15.9. The molecule has 1 heterocycles. The van der Waals surface area contributed by atoms with E-state index in [1.807, 2.05) is 12.1 Å². The maximum absolute atomic E-state index is 12.5. The van der Waals surface area contributed by atoms with Gasteiger partial charge in [0, 0.05) is 17.5 Å². The van der Waals surface area contributed by atoms with Crippen LogP contribution in [0.15, 0.2) is 42.5 Å². The maximum atomic E-state index is 12.5. The summed E-state index contributed by atoms with van der Waals surface area (Å²) in [5, 5.41) is 1.70. The van der Waals surface area contributed by atoms with Crippen LogP contribution in [-0.4, -0.2) is 22.9 Å². The van der Waals surface area contributed by atoms with Crippen LogP contribution in [0.1, 0.15) is 40.3 Å². The van der Waals surface area contributed by atoms with E-state index >= 15 is 0 Å². The molecule has 26 heavy (non-hydrogen) atoms. The third-order valence-corrected chi connectivity index (χ3v) is 4.85. The Morgan fingerprint density at radius 3 is 2.50 bits per heavy atom. The minimum atomic E-state index is -0.432. The van der Waals surface area contributed by atoms with Gasteiger partial charge in [-0.15, -0.1) is 0 Å². The summed E-state index contributed by atoms with van der Waals surface area (Å²) in [4.78, 5) is 24.6. The van der Waals surface area contributed by atoms with Crippen molar-refractivity contribution in [3.8, 4) is 0 Å². The molecule has 0 radical (unpaired) electrons. The second-order valence-electron chi connectivity index (χ2n) is 5.88. The van der Waals surface area contributed by atoms with E-state index in [0.717, 1.165) is 10.9 Å². The number of nitrogens with zero attached hydrogens (tertiary/aromatic N) is 1. The van der Waals surface area contributed by atoms with Crippen LogP contribution in [0.5, 0.6) is 0 Å². The molecule has 3 rings (SSSR count). The average molecular weight is 390 g/mol. The van der Waals surface area contributed by atoms with E-state index in [0.29, 0.717) is 33.4 Å². The summed E-state index contributed by atoms with van der Waals surface area (Å²) >= 11 is 12.1. The number of ketones is 1. The van der Waals surface area contributed by atoms with Crippen LogP contribution in [-0.2, 0) is 11.3 Å². The van der Waals surface area contributed by atoms with Crippen LogP contribution in [0.2, 0.25) is 10.0 Å². The summed E-state index contributed by atoms with van der Waals surface area (Å²) < 4.78 is 6.98. The van der Waals surface area contributed by atoms with E-state index in [4.69, 9.17) is 27.9 Å². The van der Waals surface area contributed by atoms with Gasteiger partial charge in [0.15, 0.2) is 5.78 Å². The molecule has 0 amide bonds. The van der Waals surface area contributed by atoms with E-state index < -0.39 is 5.97 Å². The quantitative estimate of drug-likeness (QED) is 0.434. The van der Waals surface area contributed by atoms with Gasteiger partial charge in [-0.2, -0.15) is 0 Å². The molecule has 0 atom stereocenters. The molecule has 0 aliphatic heterocycles. The molecule has 0 saturated heterocycles. The molecule has 2 aromatic carbocycles. The molecule has 134 valence electrons. The molecule has 0 unspecified atom stereocenters. The standard InChI is InChI=1S/C20H17Cl2NO3/c1-3-26-20(25)18-10-14-5-4-6-15(12(2)24)19(14)23(18)11-13-7-8-16(21)17(22)9-13/h4-10H,3,11H2,1-2H3. The normalized spacial score (nSPS) is 10.9. The minimum Gasteiger partial charge on any atom is -0.461 e. The van der Waals surface area contributed by atoms with Crippen molar-refractivity contribution in [2.24, 2.45) is 0 Å². The number of hydrogen-bond acceptors (Lipinski definition) is 3. The lowest BCUT2D eigenvalue weighted by Gasteiger charge is -2.13. The van der Waals surface area contributed by atoms with Crippen molar-refractivity contribution in [2.45, 2.75) is 20.4 Å². The summed E-state index contributed by atoms with van der Waals surface area (Å²) in [6.07, 6.45) is 0. The Labute approximate surface area is 161 Å². The van der Waals surface area contributed by atoms with Crippen molar-refractivity contribution in [2.75, 3.05) is 6.61 Å². The predicted octanol–water partition coefficient (Wildman–Crippen LogP) is 5.38. The van der Waals surface area contributed by atoms with Crippen molar-refractivity contribution >= 4 is 45.9 Å². The van der Waals surface area contributed by atoms with Crippen molar-refractivity contribution < 1.29 is 14.3 Å². The topological polar surface area (TPSA) is 48.3 Å². The number of aromatic nitrogens is 1. The fourth-order valence-electron chi connectivity index (χ4n) is 2.97. The smallest absolute Gasteiger partial charge is 0.354 e. The second-order valence-corrected chi connectivity index (χ2v) is 6.70. The van der Waals surface area contributed by atoms with Gasteiger partial charge in [0.1, 0.15) is 5.69 Å². The van der Waals surface area contributed by atoms with Gasteiger partial charge >= 0.3 is 5.97 Å². The molecule has 1 aromatic heterocycles. The molecule has 0 aliphatic rings. The highest BCUT2D eigenvalue weighted by Crippen LogP contribution is 2.28. The first kappa shape index (κ1) is 18.5. The molecule has 4 nitrogen and oxygen atoms in total. The van der Waals surface area contributed by atoms with Gasteiger partial charge in [-0.05, 0) is 43.7 Å². The van der Waals surface area contributed by atoms with Crippen molar-refractivity contribution in [3.05, 3.63) is 69.3 Å². The summed E-state index contributed by atoms with van der Waals surface area (Å²) in [6, 6.07) is 12.5. The van der Waals surface area contributed by atoms with Gasteiger partial charge in [-0.25, -0.2) is 4.79 Å². The molecule has 3 aromatic rings. The van der Waals surface area contributed by atoms with E-state index in [2.05, 4.69) is 0 Å². The predicted molar refractivity (Wildman–Crippen MR) is 103 cm³/mol. The lowest BCUT2D eigenvalue weighted by Crippen LogP contribution is -2.14. The highest BCUT2D eigenvalue weighted by Gasteiger charge is 2.20. The number of carbonyl (C=O) groups is 2. The summed E-state index contributed by atoms with van der Waals surface area (Å²) in [6.45, 7) is 3.89. The molecule has 0 fully saturated rings. The molecule has 0 N–H and O–H groups in total. The largest absolute Gasteiger partial charge is 0.461 e. The zero-order valence-electron chi connectivity index (χ0n) is 14.4. The van der Waals surface area contributed by atoms with Gasteiger partial charge < -0.3 is 9.30 Å². The summed E-state index contributed by atoms with van der Waals surface area (Å²) in [5.74, 6) is -0.502. The van der Waals surface area contributed by atoms with E-state index in [9.17, 15) is 9.59 Å². The number of Topliss-reactive ketones (excluding diaryl/α,β-unsaturated/α-hetero) is 1. The van der Waals surface area contributed by atoms with Crippen molar-refractivity contribution in [3.63, 3.8) is 0 Å². The lowest BCUT2D eigenvalue weighted by molar-refractivity contribution is 0.0514. The van der Waals surface area contributed by atoms with Crippen molar-refractivity contribution in [1.29, 1.82) is 0 Å². The van der Waals surface area contributed by atoms with E-state index in [1.54, 1.807) is 41.8 Å². The molecule has 0 aliphatic carbocycles. The Bertz CT molecular complexity index is 1010. The first-order valence-electron chi connectivity index (χ1n) is 8.16. The zero-order chi connectivity index (χ0) is 18.8. The highest BCUT2D eigenvalue weighted by molar-refractivity contribution is 6.42. The van der Waals surface area contributed by atoms with Crippen LogP contribution in [0, 0.1) is 0 Å². The second kappa shape index (κ2) is 7.52. The maximum Gasteiger partial charge on any atom is 0.354 e. The fraction of sp³-hybridized carbons (Fsp3) is 0.200. The number of halogens is 2. The lowest BCUT2D eigenvalue weighted by atomic mass is 10.1. The Balaban J connectivity index is 2.21. The average Bonchev–Trinajstić information content (AvgIpc) is 2.97. The first-order valence-corrected chi connectivity index (χ1v) is 8.92. The third kappa shape index (κ3) is 3.48. The number of rotatable bonds is 5. The number of carbonyl (C=O) groups excluding carboxylic acids is 2. The first-order chi connectivity index (χ1) is 12.4. The van der Waals surface area contributed by atoms with Gasteiger partial charge in [-0.3, -0.25) is 4.79 Å². The van der Waals surface area contributed by atoms with Crippen LogP contribution in [0.4, 0.5) is 0 Å². The Morgan fingerprint density at radius 1 is 1.08 bits per heavy atom. The molecule has 0 bridgehead atoms. The van der Waals surface area contributed by atoms with Gasteiger partial charge in [0.25, 0.3) is 0 Å². The molecule has 0 saturated carbocycles. The van der Waals surface area contributed by atoms with Gasteiger partial charge in [0.05, 0.1) is 22.2 Å². The van der Waals surface area contributed by atoms with E-state index in [1.165, 1.54) is 6.92 Å². The number of ether oxygens (including phenoxy) is 1. The van der Waals surface area contributed by atoms with E-state index in [-0.39, 0.29) is 12.4 Å². The van der Waals surface area contributed by atoms with Crippen LogP contribution in [0.3, 0.4) is 0 Å². The molecular formula is C20H17Cl2NO3. The van der Waals surface area contributed by atoms with Crippen LogP contribution < -0.4 is 0 Å². The number of para-hydroxylation sites is 1. The SMILES string of the molecule is CCOC(=O)c1cc2cccc(C(C)=O)c2n1Cc1ccc(Cl)c(Cl)c1. The van der Waals surface area contributed by atoms with Crippen molar-refractivity contribution in [1.82, 2.24) is 4.57 Å². The number of hydrogen-bond donors (Lipinski definition) is 0. The number of esters is 1. The van der Waals surface area contributed by atoms with Crippen LogP contribution >= 0.6 is 23.2 Å². The highest BCUT2D eigenvalue weighted by atomic mass is 35.5. The minimum absolute atomic E-state index is 0.0699. The fourth-order valence-corrected chi connectivity index (χ4v) is 3.29. The molecular weight excluding hydrogens is 373 g/mol. The molecule has 6 heteroatoms. The third-order valence-electron chi connectivity index (χ3n) is 4.11. The van der Waals surface area contributed by atoms with Gasteiger partial charge in [0.2, 0.25) is 0 Å². The summed E-state index contributed by atoms with van der Waals surface area (Å²) in [7, 11) is 0. The monoisotopic (exact) mass is 389 g/mol. The number of fused-ring (bicyclic) bond motifs is 1. The number of benzene rings is 2. The Kier molecular flexibility index (Phi) is 5.35.